The molecule has 1 aromatic carbocycles. The Hall–Kier alpha value is -4.03. The van der Waals surface area contributed by atoms with Crippen LogP contribution in [0.3, 0.4) is 0 Å². The number of aromatic nitrogens is 3. The molecule has 0 radical (unpaired) electrons. The third-order valence-corrected chi connectivity index (χ3v) is 6.07. The molecule has 1 saturated carbocycles. The van der Waals surface area contributed by atoms with E-state index < -0.39 is 42.9 Å². The molecule has 192 valence electrons. The van der Waals surface area contributed by atoms with Gasteiger partial charge in [-0.25, -0.2) is 22.9 Å². The van der Waals surface area contributed by atoms with Crippen molar-refractivity contribution in [2.75, 3.05) is 10.6 Å². The van der Waals surface area contributed by atoms with Crippen molar-refractivity contribution < 1.29 is 27.9 Å². The van der Waals surface area contributed by atoms with Crippen molar-refractivity contribution in [3.8, 4) is 0 Å². The van der Waals surface area contributed by atoms with Crippen LogP contribution in [-0.2, 0) is 6.54 Å². The van der Waals surface area contributed by atoms with Gasteiger partial charge in [0.25, 0.3) is 12.3 Å². The molecule has 1 fully saturated rings. The van der Waals surface area contributed by atoms with Crippen LogP contribution < -0.4 is 21.7 Å². The Bertz CT molecular complexity index is 1310. The third-order valence-electron chi connectivity index (χ3n) is 6.07. The van der Waals surface area contributed by atoms with Crippen molar-refractivity contribution in [1.82, 2.24) is 20.1 Å². The highest BCUT2D eigenvalue weighted by Gasteiger charge is 2.36. The molecule has 6 N–H and O–H groups in total. The lowest BCUT2D eigenvalue weighted by atomic mass is 10.1. The Morgan fingerprint density at radius 2 is 1.97 bits per heavy atom. The van der Waals surface area contributed by atoms with Crippen LogP contribution in [-0.4, -0.2) is 50.4 Å². The van der Waals surface area contributed by atoms with Crippen LogP contribution in [0, 0.1) is 18.7 Å². The minimum Gasteiger partial charge on any atom is -0.465 e. The second-order valence-electron chi connectivity index (χ2n) is 8.84. The summed E-state index contributed by atoms with van der Waals surface area (Å²) in [6.07, 6.45) is -2.03. The fourth-order valence-electron chi connectivity index (χ4n) is 4.25. The first-order valence-corrected chi connectivity index (χ1v) is 11.3. The highest BCUT2D eigenvalue weighted by Crippen LogP contribution is 2.35. The number of nitrogens with zero attached hydrogens (tertiary/aromatic N) is 3. The van der Waals surface area contributed by atoms with Crippen LogP contribution in [0.25, 0.3) is 10.9 Å². The van der Waals surface area contributed by atoms with Gasteiger partial charge < -0.3 is 26.8 Å². The van der Waals surface area contributed by atoms with Crippen LogP contribution in [0.1, 0.15) is 35.8 Å². The first-order valence-electron chi connectivity index (χ1n) is 11.3. The molecule has 1 aliphatic rings. The van der Waals surface area contributed by atoms with E-state index in [-0.39, 0.29) is 23.1 Å². The molecule has 3 aromatic rings. The Morgan fingerprint density at radius 1 is 1.25 bits per heavy atom. The van der Waals surface area contributed by atoms with E-state index in [2.05, 4.69) is 26.0 Å². The van der Waals surface area contributed by atoms with Crippen molar-refractivity contribution in [2.24, 2.45) is 11.7 Å². The maximum absolute atomic E-state index is 14.8. The van der Waals surface area contributed by atoms with Gasteiger partial charge >= 0.3 is 6.09 Å². The van der Waals surface area contributed by atoms with Crippen molar-refractivity contribution in [2.45, 2.75) is 51.7 Å². The number of benzene rings is 1. The van der Waals surface area contributed by atoms with Gasteiger partial charge in [-0.2, -0.15) is 5.10 Å². The number of hydrogen-bond donors (Lipinski definition) is 5. The SMILES string of the molecule is Cc1nn(CC(F)F)c2ccc(Nc3nc(N[C@H](C)[C@@H](NC(=O)O)C4CC4)c(F)cc3C(N)=O)cc12. The van der Waals surface area contributed by atoms with Crippen LogP contribution in [0.4, 0.5) is 35.3 Å². The summed E-state index contributed by atoms with van der Waals surface area (Å²) < 4.78 is 41.8. The van der Waals surface area contributed by atoms with Gasteiger partial charge in [0.2, 0.25) is 0 Å². The zero-order valence-electron chi connectivity index (χ0n) is 19.6. The predicted octanol–water partition coefficient (Wildman–Crippen LogP) is 3.83. The van der Waals surface area contributed by atoms with Crippen molar-refractivity contribution >= 4 is 40.2 Å². The number of aryl methyl sites for hydroxylation is 1. The number of anilines is 3. The number of alkyl halides is 2. The van der Waals surface area contributed by atoms with E-state index in [1.165, 1.54) is 4.68 Å². The van der Waals surface area contributed by atoms with Gasteiger partial charge in [-0.15, -0.1) is 0 Å². The molecule has 36 heavy (non-hydrogen) atoms. The summed E-state index contributed by atoms with van der Waals surface area (Å²) in [6, 6.07) is 4.86. The van der Waals surface area contributed by atoms with Crippen LogP contribution in [0.2, 0.25) is 0 Å². The van der Waals surface area contributed by atoms with Gasteiger partial charge in [-0.05, 0) is 56.9 Å². The van der Waals surface area contributed by atoms with E-state index in [9.17, 15) is 22.8 Å². The molecule has 2 atom stereocenters. The molecule has 2 heterocycles. The average Bonchev–Trinajstić information content (AvgIpc) is 3.59. The second-order valence-corrected chi connectivity index (χ2v) is 8.84. The van der Waals surface area contributed by atoms with E-state index >= 15 is 0 Å². The molecule has 10 nitrogen and oxygen atoms in total. The van der Waals surface area contributed by atoms with E-state index in [0.717, 1.165) is 18.9 Å². The molecule has 0 unspecified atom stereocenters. The Morgan fingerprint density at radius 3 is 2.58 bits per heavy atom. The van der Waals surface area contributed by atoms with E-state index in [0.29, 0.717) is 22.3 Å². The molecule has 2 aromatic heterocycles. The lowest BCUT2D eigenvalue weighted by Crippen LogP contribution is -2.46. The highest BCUT2D eigenvalue weighted by atomic mass is 19.3. The summed E-state index contributed by atoms with van der Waals surface area (Å²) in [6.45, 7) is 2.85. The Kier molecular flexibility index (Phi) is 6.91. The number of nitrogens with two attached hydrogens (primary N) is 1. The lowest BCUT2D eigenvalue weighted by Gasteiger charge is -2.25. The maximum Gasteiger partial charge on any atom is 0.404 e. The summed E-state index contributed by atoms with van der Waals surface area (Å²) >= 11 is 0. The summed E-state index contributed by atoms with van der Waals surface area (Å²) in [5, 5.41) is 22.2. The molecule has 0 spiro atoms. The minimum atomic E-state index is -2.56. The number of nitrogens with one attached hydrogen (secondary N) is 3. The van der Waals surface area contributed by atoms with Gasteiger partial charge in [0.1, 0.15) is 12.4 Å². The molecular formula is C23H26F3N7O3. The fraction of sp³-hybridized carbons (Fsp3) is 0.391. The zero-order valence-corrected chi connectivity index (χ0v) is 19.6. The molecule has 0 saturated heterocycles. The van der Waals surface area contributed by atoms with Gasteiger partial charge in [-0.1, -0.05) is 0 Å². The number of halogens is 3. The van der Waals surface area contributed by atoms with Crippen LogP contribution in [0.15, 0.2) is 24.3 Å². The predicted molar refractivity (Wildman–Crippen MR) is 127 cm³/mol. The molecule has 0 aliphatic heterocycles. The minimum absolute atomic E-state index is 0.0234. The molecule has 4 rings (SSSR count). The first-order chi connectivity index (χ1) is 17.0. The molecule has 2 amide bonds. The van der Waals surface area contributed by atoms with Gasteiger partial charge in [0, 0.05) is 17.1 Å². The third kappa shape index (κ3) is 5.44. The Balaban J connectivity index is 1.64. The normalized spacial score (nSPS) is 15.1. The number of carbonyl (C=O) groups excluding carboxylic acids is 1. The average molecular weight is 506 g/mol. The van der Waals surface area contributed by atoms with Crippen molar-refractivity contribution in [3.05, 3.63) is 41.3 Å². The zero-order chi connectivity index (χ0) is 26.1. The van der Waals surface area contributed by atoms with Gasteiger partial charge in [-0.3, -0.25) is 9.48 Å². The van der Waals surface area contributed by atoms with Gasteiger partial charge in [0.15, 0.2) is 11.6 Å². The monoisotopic (exact) mass is 505 g/mol. The van der Waals surface area contributed by atoms with Gasteiger partial charge in [0.05, 0.1) is 22.8 Å². The second kappa shape index (κ2) is 9.91. The van der Waals surface area contributed by atoms with E-state index in [4.69, 9.17) is 10.8 Å². The number of amides is 2. The number of carbonyl (C=O) groups is 2. The number of rotatable bonds is 10. The standard InChI is InChI=1S/C23H26F3N7O3/c1-10-14-7-13(5-6-17(14)33(32-10)9-18(25)26)29-21-15(20(27)34)8-16(24)22(31-21)28-11(2)19(12-3-4-12)30-23(35)36/h5-8,11-12,18-19,30H,3-4,9H2,1-2H3,(H2,27,34)(H,35,36)(H2,28,29,31)/t11-,19-/m1/s1. The Labute approximate surface area is 204 Å². The quantitative estimate of drug-likeness (QED) is 0.281. The van der Waals surface area contributed by atoms with Crippen molar-refractivity contribution in [3.63, 3.8) is 0 Å². The molecular weight excluding hydrogens is 479 g/mol. The highest BCUT2D eigenvalue weighted by molar-refractivity contribution is 5.99. The number of carboxylic acid groups (broad SMARTS) is 1. The maximum atomic E-state index is 14.8. The van der Waals surface area contributed by atoms with Crippen molar-refractivity contribution in [1.29, 1.82) is 0 Å². The first kappa shape index (κ1) is 25.1. The largest absolute Gasteiger partial charge is 0.465 e. The molecule has 13 heteroatoms. The topological polar surface area (TPSA) is 147 Å². The summed E-state index contributed by atoms with van der Waals surface area (Å²) in [7, 11) is 0. The molecule has 1 aliphatic carbocycles. The number of fused-ring (bicyclic) bond motifs is 1. The number of pyridine rings is 1. The van der Waals surface area contributed by atoms with E-state index in [1.807, 2.05) is 0 Å². The lowest BCUT2D eigenvalue weighted by molar-refractivity contribution is 0.1000. The summed E-state index contributed by atoms with van der Waals surface area (Å²) in [5.41, 5.74) is 6.73. The van der Waals surface area contributed by atoms with Crippen LogP contribution >= 0.6 is 0 Å². The number of primary amides is 1. The fourth-order valence-corrected chi connectivity index (χ4v) is 4.25. The van der Waals surface area contributed by atoms with E-state index in [1.54, 1.807) is 32.0 Å². The molecule has 0 bridgehead atoms. The van der Waals surface area contributed by atoms with Crippen LogP contribution in [0.5, 0.6) is 0 Å². The smallest absolute Gasteiger partial charge is 0.404 e. The summed E-state index contributed by atoms with van der Waals surface area (Å²) in [4.78, 5) is 27.4. The summed E-state index contributed by atoms with van der Waals surface area (Å²) in [5.74, 6) is -1.81. The number of hydrogen-bond acceptors (Lipinski definition) is 6.